The van der Waals surface area contributed by atoms with Crippen molar-refractivity contribution in [3.8, 4) is 0 Å². The molecule has 1 aromatic heterocycles. The zero-order valence-electron chi connectivity index (χ0n) is 21.7. The van der Waals surface area contributed by atoms with Crippen molar-refractivity contribution in [2.75, 3.05) is 19.6 Å². The number of carbonyl (C=O) groups is 1. The van der Waals surface area contributed by atoms with Gasteiger partial charge in [-0.15, -0.1) is 0 Å². The maximum Gasteiger partial charge on any atom is 0.281 e. The number of aryl methyl sites for hydroxylation is 1. The highest BCUT2D eigenvalue weighted by atomic mass is 32.1. The highest BCUT2D eigenvalue weighted by Gasteiger charge is 2.44. The van der Waals surface area contributed by atoms with Gasteiger partial charge in [-0.3, -0.25) is 9.69 Å². The highest BCUT2D eigenvalue weighted by molar-refractivity contribution is 7.81. The Morgan fingerprint density at radius 3 is 2.32 bits per heavy atom. The van der Waals surface area contributed by atoms with Crippen LogP contribution in [0.3, 0.4) is 0 Å². The second-order valence-electron chi connectivity index (χ2n) is 11.3. The number of imidazole rings is 1. The lowest BCUT2D eigenvalue weighted by Crippen LogP contribution is -2.50. The fraction of sp³-hybridized carbons (Fsp3) is 0.500. The minimum atomic E-state index is -0.181. The lowest BCUT2D eigenvalue weighted by molar-refractivity contribution is -0.125. The second-order valence-corrected chi connectivity index (χ2v) is 11.8. The van der Waals surface area contributed by atoms with Gasteiger partial charge in [0.2, 0.25) is 0 Å². The number of amides is 1. The van der Waals surface area contributed by atoms with E-state index in [1.165, 1.54) is 36.8 Å². The van der Waals surface area contributed by atoms with Crippen LogP contribution in [0, 0.1) is 6.92 Å². The number of piperidine rings is 2. The molecule has 2 aromatic carbocycles. The third-order valence-electron chi connectivity index (χ3n) is 9.45. The summed E-state index contributed by atoms with van der Waals surface area (Å²) in [5, 5.41) is 0. The Morgan fingerprint density at radius 1 is 1.00 bits per heavy atom. The number of aromatic nitrogens is 2. The maximum atomic E-state index is 12.4. The van der Waals surface area contributed by atoms with Crippen LogP contribution in [-0.2, 0) is 10.2 Å². The topological polar surface area (TPSA) is 67.4 Å². The van der Waals surface area contributed by atoms with Crippen molar-refractivity contribution in [2.45, 2.75) is 75.4 Å². The molecule has 3 aromatic rings. The summed E-state index contributed by atoms with van der Waals surface area (Å²) in [5.41, 5.74) is 9.53. The van der Waals surface area contributed by atoms with E-state index in [0.29, 0.717) is 31.2 Å². The molecule has 3 saturated heterocycles. The standard InChI is InChI=1S/C30H37N5OS/c1-21-32-26-9-5-6-10-27(26)35(21)25-19-23-11-12-24(20-25)34(23)18-15-30(22-7-3-2-4-8-22)13-16-33(17-14-30)29(36)28(31)37/h2-10,23-25H,11-20H2,1H3,(H2,31,37)/t23-,24+,25+. The van der Waals surface area contributed by atoms with E-state index in [4.69, 9.17) is 22.9 Å². The van der Waals surface area contributed by atoms with E-state index in [1.807, 2.05) is 4.90 Å². The first-order chi connectivity index (χ1) is 17.9. The molecule has 6 rings (SSSR count). The quantitative estimate of drug-likeness (QED) is 0.497. The van der Waals surface area contributed by atoms with Crippen molar-refractivity contribution in [3.63, 3.8) is 0 Å². The van der Waals surface area contributed by atoms with E-state index in [9.17, 15) is 4.79 Å². The van der Waals surface area contributed by atoms with Gasteiger partial charge >= 0.3 is 0 Å². The molecule has 6 nitrogen and oxygen atoms in total. The molecule has 3 aliphatic rings. The van der Waals surface area contributed by atoms with Gasteiger partial charge in [-0.2, -0.15) is 0 Å². The molecule has 194 valence electrons. The van der Waals surface area contributed by atoms with Crippen molar-refractivity contribution in [3.05, 3.63) is 66.0 Å². The lowest BCUT2D eigenvalue weighted by atomic mass is 9.70. The average molecular weight is 516 g/mol. The molecule has 3 atom stereocenters. The van der Waals surface area contributed by atoms with Crippen LogP contribution >= 0.6 is 12.2 Å². The fourth-order valence-electron chi connectivity index (χ4n) is 7.56. The van der Waals surface area contributed by atoms with Crippen molar-refractivity contribution in [2.24, 2.45) is 5.73 Å². The molecule has 3 aliphatic heterocycles. The monoisotopic (exact) mass is 515 g/mol. The highest BCUT2D eigenvalue weighted by Crippen LogP contribution is 2.45. The molecule has 0 spiro atoms. The molecule has 2 bridgehead atoms. The third-order valence-corrected chi connectivity index (χ3v) is 9.62. The molecular formula is C30H37N5OS. The number of hydrogen-bond donors (Lipinski definition) is 1. The Kier molecular flexibility index (Phi) is 6.53. The van der Waals surface area contributed by atoms with Crippen LogP contribution < -0.4 is 5.73 Å². The molecule has 0 aliphatic carbocycles. The largest absolute Gasteiger partial charge is 0.385 e. The number of hydrogen-bond acceptors (Lipinski definition) is 4. The zero-order chi connectivity index (χ0) is 25.6. The van der Waals surface area contributed by atoms with Gasteiger partial charge < -0.3 is 15.2 Å². The predicted octanol–water partition coefficient (Wildman–Crippen LogP) is 4.75. The molecule has 2 N–H and O–H groups in total. The number of para-hydroxylation sites is 2. The summed E-state index contributed by atoms with van der Waals surface area (Å²) in [6, 6.07) is 21.3. The third kappa shape index (κ3) is 4.46. The van der Waals surface area contributed by atoms with E-state index in [1.54, 1.807) is 0 Å². The summed E-state index contributed by atoms with van der Waals surface area (Å²) in [7, 11) is 0. The van der Waals surface area contributed by atoms with Gasteiger partial charge in [0, 0.05) is 31.2 Å². The first kappa shape index (κ1) is 24.6. The lowest BCUT2D eigenvalue weighted by Gasteiger charge is -2.45. The molecule has 0 saturated carbocycles. The number of fused-ring (bicyclic) bond motifs is 3. The summed E-state index contributed by atoms with van der Waals surface area (Å²) >= 11 is 4.97. The van der Waals surface area contributed by atoms with Gasteiger partial charge in [-0.25, -0.2) is 4.98 Å². The summed E-state index contributed by atoms with van der Waals surface area (Å²) in [6.45, 7) is 4.70. The van der Waals surface area contributed by atoms with Gasteiger partial charge in [0.1, 0.15) is 5.82 Å². The number of likely N-dealkylation sites (tertiary alicyclic amines) is 1. The second kappa shape index (κ2) is 9.84. The Morgan fingerprint density at radius 2 is 1.65 bits per heavy atom. The smallest absolute Gasteiger partial charge is 0.281 e. The summed E-state index contributed by atoms with van der Waals surface area (Å²) in [5.74, 6) is 0.958. The number of benzene rings is 2. The van der Waals surface area contributed by atoms with Crippen LogP contribution in [-0.4, -0.2) is 62.0 Å². The zero-order valence-corrected chi connectivity index (χ0v) is 22.5. The van der Waals surface area contributed by atoms with Gasteiger partial charge in [0.25, 0.3) is 5.91 Å². The van der Waals surface area contributed by atoms with Crippen LogP contribution in [0.25, 0.3) is 11.0 Å². The number of nitrogens with zero attached hydrogens (tertiary/aromatic N) is 4. The van der Waals surface area contributed by atoms with E-state index in [2.05, 4.69) is 71.0 Å². The first-order valence-corrected chi connectivity index (χ1v) is 14.2. The Balaban J connectivity index is 1.18. The number of nitrogens with two attached hydrogens (primary N) is 1. The van der Waals surface area contributed by atoms with E-state index < -0.39 is 0 Å². The predicted molar refractivity (Wildman–Crippen MR) is 152 cm³/mol. The average Bonchev–Trinajstić information content (AvgIpc) is 3.38. The Hall–Kier alpha value is -2.77. The normalized spacial score (nSPS) is 25.4. The van der Waals surface area contributed by atoms with Crippen molar-refractivity contribution in [1.82, 2.24) is 19.4 Å². The maximum absolute atomic E-state index is 12.4. The van der Waals surface area contributed by atoms with Crippen LogP contribution in [0.2, 0.25) is 0 Å². The Labute approximate surface area is 224 Å². The first-order valence-electron chi connectivity index (χ1n) is 13.8. The Bertz CT molecular complexity index is 1280. The van der Waals surface area contributed by atoms with Gasteiger partial charge in [-0.1, -0.05) is 54.7 Å². The van der Waals surface area contributed by atoms with Gasteiger partial charge in [0.15, 0.2) is 4.99 Å². The number of rotatable bonds is 5. The van der Waals surface area contributed by atoms with Gasteiger partial charge in [0.05, 0.1) is 11.0 Å². The molecule has 3 fully saturated rings. The van der Waals surface area contributed by atoms with E-state index in [0.717, 1.165) is 37.1 Å². The molecule has 4 heterocycles. The molecule has 0 unspecified atom stereocenters. The molecular weight excluding hydrogens is 478 g/mol. The van der Waals surface area contributed by atoms with Crippen molar-refractivity contribution in [1.29, 1.82) is 0 Å². The SMILES string of the molecule is Cc1nc2ccccc2n1[C@H]1C[C@H]2CC[C@@H](C1)N2CCC1(c2ccccc2)CCN(C(=O)C(N)=S)CC1. The minimum absolute atomic E-state index is 0.0208. The van der Waals surface area contributed by atoms with Crippen molar-refractivity contribution >= 4 is 34.1 Å². The number of carbonyl (C=O) groups excluding carboxylic acids is 1. The molecule has 7 heteroatoms. The fourth-order valence-corrected chi connectivity index (χ4v) is 7.69. The minimum Gasteiger partial charge on any atom is -0.385 e. The van der Waals surface area contributed by atoms with Gasteiger partial charge in [-0.05, 0) is 81.5 Å². The van der Waals surface area contributed by atoms with Crippen molar-refractivity contribution < 1.29 is 4.79 Å². The van der Waals surface area contributed by atoms with E-state index in [-0.39, 0.29) is 16.3 Å². The molecule has 37 heavy (non-hydrogen) atoms. The van der Waals surface area contributed by atoms with Crippen LogP contribution in [0.4, 0.5) is 0 Å². The number of thiocarbonyl (C=S) groups is 1. The molecule has 0 radical (unpaired) electrons. The van der Waals surface area contributed by atoms with E-state index >= 15 is 0 Å². The van der Waals surface area contributed by atoms with Crippen LogP contribution in [0.15, 0.2) is 54.6 Å². The van der Waals surface area contributed by atoms with Crippen LogP contribution in [0.5, 0.6) is 0 Å². The summed E-state index contributed by atoms with van der Waals surface area (Å²) in [6.07, 6.45) is 8.02. The van der Waals surface area contributed by atoms with Crippen LogP contribution in [0.1, 0.15) is 62.4 Å². The summed E-state index contributed by atoms with van der Waals surface area (Å²) < 4.78 is 2.51. The summed E-state index contributed by atoms with van der Waals surface area (Å²) in [4.78, 5) is 21.9. The molecule has 1 amide bonds.